The molecule has 0 radical (unpaired) electrons. The van der Waals surface area contributed by atoms with Crippen LogP contribution in [0.5, 0.6) is 0 Å². The number of likely N-dealkylation sites (tertiary alicyclic amines) is 1. The summed E-state index contributed by atoms with van der Waals surface area (Å²) in [5.74, 6) is 0.275. The predicted molar refractivity (Wildman–Crippen MR) is 69.5 cm³/mol. The van der Waals surface area contributed by atoms with Crippen LogP contribution in [0, 0.1) is 17.8 Å². The van der Waals surface area contributed by atoms with Crippen LogP contribution in [0.15, 0.2) is 0 Å². The molecule has 0 spiro atoms. The third-order valence-electron chi connectivity index (χ3n) is 3.96. The molecule has 2 unspecified atom stereocenters. The van der Waals surface area contributed by atoms with Crippen molar-refractivity contribution in [2.45, 2.75) is 39.2 Å². The zero-order valence-electron chi connectivity index (χ0n) is 12.1. The number of nitrogens with zero attached hydrogens (tertiary/aromatic N) is 1. The van der Waals surface area contributed by atoms with E-state index in [1.165, 1.54) is 7.11 Å². The molecule has 1 saturated heterocycles. The highest BCUT2D eigenvalue weighted by atomic mass is 16.6. The van der Waals surface area contributed by atoms with Crippen LogP contribution in [0.1, 0.15) is 33.6 Å². The highest BCUT2D eigenvalue weighted by Crippen LogP contribution is 2.42. The second-order valence-electron chi connectivity index (χ2n) is 6.53. The fourth-order valence-electron chi connectivity index (χ4n) is 3.22. The minimum Gasteiger partial charge on any atom is -0.469 e. The number of carbonyl (C=O) groups excluding carboxylic acids is 2. The molecule has 0 aromatic carbocycles. The molecule has 108 valence electrons. The first-order chi connectivity index (χ1) is 8.81. The van der Waals surface area contributed by atoms with Gasteiger partial charge in [-0.2, -0.15) is 0 Å². The third kappa shape index (κ3) is 3.01. The number of esters is 1. The maximum Gasteiger partial charge on any atom is 0.410 e. The molecule has 1 amide bonds. The number of ether oxygens (including phenoxy) is 2. The lowest BCUT2D eigenvalue weighted by molar-refractivity contribution is -0.150. The van der Waals surface area contributed by atoms with Gasteiger partial charge in [0, 0.05) is 13.1 Å². The minimum absolute atomic E-state index is 0.0383. The Labute approximate surface area is 114 Å². The molecule has 2 rings (SSSR count). The summed E-state index contributed by atoms with van der Waals surface area (Å²) in [6.45, 7) is 6.79. The molecule has 1 aliphatic carbocycles. The molecular weight excluding hydrogens is 246 g/mol. The van der Waals surface area contributed by atoms with E-state index < -0.39 is 5.60 Å². The monoisotopic (exact) mass is 269 g/mol. The molecule has 5 heteroatoms. The maximum absolute atomic E-state index is 12.1. The SMILES string of the molecule is COC(=O)C1C2CCC1CN(C(=O)OC(C)(C)C)C2. The van der Waals surface area contributed by atoms with E-state index in [9.17, 15) is 9.59 Å². The van der Waals surface area contributed by atoms with Crippen LogP contribution in [0.25, 0.3) is 0 Å². The van der Waals surface area contributed by atoms with Gasteiger partial charge in [0.05, 0.1) is 13.0 Å². The largest absolute Gasteiger partial charge is 0.469 e. The lowest BCUT2D eigenvalue weighted by atomic mass is 9.85. The Morgan fingerprint density at radius 1 is 1.11 bits per heavy atom. The second-order valence-corrected chi connectivity index (χ2v) is 6.53. The highest BCUT2D eigenvalue weighted by molar-refractivity contribution is 5.75. The average molecular weight is 269 g/mol. The van der Waals surface area contributed by atoms with Crippen LogP contribution in [0.4, 0.5) is 4.79 Å². The van der Waals surface area contributed by atoms with Gasteiger partial charge in [-0.25, -0.2) is 4.79 Å². The van der Waals surface area contributed by atoms with E-state index in [1.54, 1.807) is 4.90 Å². The van der Waals surface area contributed by atoms with E-state index in [4.69, 9.17) is 9.47 Å². The standard InChI is InChI=1S/C14H23NO4/c1-14(2,3)19-13(17)15-7-9-5-6-10(8-15)11(9)12(16)18-4/h9-11H,5-8H2,1-4H3. The van der Waals surface area contributed by atoms with Gasteiger partial charge in [-0.1, -0.05) is 0 Å². The van der Waals surface area contributed by atoms with Crippen molar-refractivity contribution in [2.24, 2.45) is 17.8 Å². The van der Waals surface area contributed by atoms with Crippen molar-refractivity contribution in [1.82, 2.24) is 4.90 Å². The quantitative estimate of drug-likeness (QED) is 0.684. The molecular formula is C14H23NO4. The normalized spacial score (nSPS) is 30.1. The van der Waals surface area contributed by atoms with Gasteiger partial charge in [0.2, 0.25) is 0 Å². The summed E-state index contributed by atoms with van der Waals surface area (Å²) < 4.78 is 10.3. The zero-order valence-corrected chi connectivity index (χ0v) is 12.1. The number of amides is 1. The van der Waals surface area contributed by atoms with Gasteiger partial charge in [-0.3, -0.25) is 4.79 Å². The summed E-state index contributed by atoms with van der Waals surface area (Å²) in [6.07, 6.45) is 1.71. The van der Waals surface area contributed by atoms with Crippen molar-refractivity contribution in [3.63, 3.8) is 0 Å². The van der Waals surface area contributed by atoms with Crippen LogP contribution in [-0.2, 0) is 14.3 Å². The molecule has 2 aliphatic rings. The van der Waals surface area contributed by atoms with Crippen LogP contribution >= 0.6 is 0 Å². The zero-order chi connectivity index (χ0) is 14.2. The molecule has 1 aliphatic heterocycles. The summed E-state index contributed by atoms with van der Waals surface area (Å²) in [4.78, 5) is 25.6. The number of hydrogen-bond donors (Lipinski definition) is 0. The lowest BCUT2D eigenvalue weighted by Crippen LogP contribution is -2.48. The first-order valence-corrected chi connectivity index (χ1v) is 6.87. The Morgan fingerprint density at radius 2 is 1.63 bits per heavy atom. The fraction of sp³-hybridized carbons (Fsp3) is 0.857. The maximum atomic E-state index is 12.1. The Morgan fingerprint density at radius 3 is 2.05 bits per heavy atom. The van der Waals surface area contributed by atoms with E-state index in [0.29, 0.717) is 13.1 Å². The highest BCUT2D eigenvalue weighted by Gasteiger charge is 2.48. The number of fused-ring (bicyclic) bond motifs is 2. The number of rotatable bonds is 1. The smallest absolute Gasteiger partial charge is 0.410 e. The third-order valence-corrected chi connectivity index (χ3v) is 3.96. The van der Waals surface area contributed by atoms with Gasteiger partial charge in [0.25, 0.3) is 0 Å². The Hall–Kier alpha value is -1.26. The van der Waals surface area contributed by atoms with E-state index in [-0.39, 0.29) is 29.8 Å². The summed E-state index contributed by atoms with van der Waals surface area (Å²) in [5.41, 5.74) is -0.477. The van der Waals surface area contributed by atoms with Gasteiger partial charge >= 0.3 is 12.1 Å². The first kappa shape index (κ1) is 14.2. The number of piperidine rings is 1. The number of hydrogen-bond acceptors (Lipinski definition) is 4. The Balaban J connectivity index is 2.00. The van der Waals surface area contributed by atoms with Crippen molar-refractivity contribution in [2.75, 3.05) is 20.2 Å². The van der Waals surface area contributed by atoms with Gasteiger partial charge in [0.1, 0.15) is 5.60 Å². The first-order valence-electron chi connectivity index (χ1n) is 6.87. The molecule has 2 bridgehead atoms. The van der Waals surface area contributed by atoms with Crippen molar-refractivity contribution in [3.05, 3.63) is 0 Å². The molecule has 0 N–H and O–H groups in total. The van der Waals surface area contributed by atoms with Crippen LogP contribution in [-0.4, -0.2) is 42.8 Å². The Kier molecular flexibility index (Phi) is 3.74. The topological polar surface area (TPSA) is 55.8 Å². The van der Waals surface area contributed by atoms with E-state index in [2.05, 4.69) is 0 Å². The van der Waals surface area contributed by atoms with Crippen molar-refractivity contribution < 1.29 is 19.1 Å². The van der Waals surface area contributed by atoms with Crippen molar-refractivity contribution in [3.8, 4) is 0 Å². The molecule has 0 aromatic rings. The summed E-state index contributed by atoms with van der Waals surface area (Å²) >= 11 is 0. The summed E-state index contributed by atoms with van der Waals surface area (Å²) in [5, 5.41) is 0. The van der Waals surface area contributed by atoms with E-state index in [0.717, 1.165) is 12.8 Å². The summed E-state index contributed by atoms with van der Waals surface area (Å²) in [7, 11) is 1.43. The molecule has 2 atom stereocenters. The van der Waals surface area contributed by atoms with Gasteiger partial charge < -0.3 is 14.4 Å². The van der Waals surface area contributed by atoms with Crippen molar-refractivity contribution in [1.29, 1.82) is 0 Å². The Bertz CT molecular complexity index is 360. The van der Waals surface area contributed by atoms with Crippen molar-refractivity contribution >= 4 is 12.1 Å². The molecule has 1 saturated carbocycles. The minimum atomic E-state index is -0.477. The summed E-state index contributed by atoms with van der Waals surface area (Å²) in [6, 6.07) is 0. The fourth-order valence-corrected chi connectivity index (χ4v) is 3.22. The number of methoxy groups -OCH3 is 1. The van der Waals surface area contributed by atoms with Gasteiger partial charge in [-0.15, -0.1) is 0 Å². The average Bonchev–Trinajstić information content (AvgIpc) is 2.56. The van der Waals surface area contributed by atoms with Crippen LogP contribution < -0.4 is 0 Å². The number of carbonyl (C=O) groups is 2. The predicted octanol–water partition coefficient (Wildman–Crippen LogP) is 2.05. The molecule has 2 fully saturated rings. The lowest BCUT2D eigenvalue weighted by Gasteiger charge is -2.37. The molecule has 5 nitrogen and oxygen atoms in total. The van der Waals surface area contributed by atoms with E-state index in [1.807, 2.05) is 20.8 Å². The van der Waals surface area contributed by atoms with Gasteiger partial charge in [0.15, 0.2) is 0 Å². The van der Waals surface area contributed by atoms with Crippen LogP contribution in [0.3, 0.4) is 0 Å². The second kappa shape index (κ2) is 5.02. The van der Waals surface area contributed by atoms with Gasteiger partial charge in [-0.05, 0) is 45.4 Å². The molecule has 0 aromatic heterocycles. The molecule has 19 heavy (non-hydrogen) atoms. The molecule has 1 heterocycles. The van der Waals surface area contributed by atoms with E-state index >= 15 is 0 Å². The van der Waals surface area contributed by atoms with Crippen LogP contribution in [0.2, 0.25) is 0 Å².